The highest BCUT2D eigenvalue weighted by atomic mass is 16.5. The number of nitriles is 1. The molecule has 0 heterocycles. The molecule has 0 spiro atoms. The highest BCUT2D eigenvalue weighted by Crippen LogP contribution is 2.17. The molecule has 5 heteroatoms. The Bertz CT molecular complexity index is 965. The van der Waals surface area contributed by atoms with Crippen LogP contribution >= 0.6 is 0 Å². The zero-order chi connectivity index (χ0) is 20.8. The fraction of sp³-hybridized carbons (Fsp3) is 0.261. The molecule has 0 aromatic heterocycles. The highest BCUT2D eigenvalue weighted by molar-refractivity contribution is 6.02. The van der Waals surface area contributed by atoms with Gasteiger partial charge in [-0.2, -0.15) is 5.26 Å². The number of hydrogen-bond donors (Lipinski definition) is 0. The lowest BCUT2D eigenvalue weighted by Gasteiger charge is -2.12. The Morgan fingerprint density at radius 1 is 1.04 bits per heavy atom. The molecule has 0 fully saturated rings. The normalized spacial score (nSPS) is 10.9. The second-order valence-electron chi connectivity index (χ2n) is 6.91. The summed E-state index contributed by atoms with van der Waals surface area (Å²) >= 11 is 0. The Balaban J connectivity index is 2.09. The van der Waals surface area contributed by atoms with Gasteiger partial charge in [-0.15, -0.1) is 0 Å². The number of nitrogens with zero attached hydrogens (tertiary/aromatic N) is 2. The molecular formula is C23H24N2O3. The number of anilines is 1. The molecule has 5 nitrogen and oxygen atoms in total. The zero-order valence-electron chi connectivity index (χ0n) is 16.9. The highest BCUT2D eigenvalue weighted by Gasteiger charge is 2.16. The Morgan fingerprint density at radius 3 is 2.21 bits per heavy atom. The van der Waals surface area contributed by atoms with E-state index >= 15 is 0 Å². The Hall–Kier alpha value is -3.39. The second kappa shape index (κ2) is 9.01. The first-order chi connectivity index (χ1) is 13.2. The summed E-state index contributed by atoms with van der Waals surface area (Å²) in [6, 6.07) is 13.0. The Labute approximate surface area is 165 Å². The SMILES string of the molecule is Cc1cc(C)c(C(=O)COC(=O)C(C#N)=Cc2ccc(N(C)C)cc2)cc1C. The van der Waals surface area contributed by atoms with Crippen LogP contribution in [0.25, 0.3) is 6.08 Å². The summed E-state index contributed by atoms with van der Waals surface area (Å²) in [4.78, 5) is 26.6. The van der Waals surface area contributed by atoms with Crippen molar-refractivity contribution >= 4 is 23.5 Å². The Morgan fingerprint density at radius 2 is 1.64 bits per heavy atom. The molecule has 0 aliphatic carbocycles. The summed E-state index contributed by atoms with van der Waals surface area (Å²) in [6.07, 6.45) is 1.45. The average Bonchev–Trinajstić information content (AvgIpc) is 2.67. The lowest BCUT2D eigenvalue weighted by Crippen LogP contribution is -2.16. The standard InChI is InChI=1S/C23H24N2O3/c1-15-10-17(3)21(11-16(15)2)22(26)14-28-23(27)19(13-24)12-18-6-8-20(9-7-18)25(4)5/h6-12H,14H2,1-5H3. The van der Waals surface area contributed by atoms with Crippen LogP contribution in [0, 0.1) is 32.1 Å². The first-order valence-electron chi connectivity index (χ1n) is 8.90. The lowest BCUT2D eigenvalue weighted by molar-refractivity contribution is -0.137. The van der Waals surface area contributed by atoms with Crippen LogP contribution < -0.4 is 4.90 Å². The van der Waals surface area contributed by atoms with E-state index in [4.69, 9.17) is 4.74 Å². The summed E-state index contributed by atoms with van der Waals surface area (Å²) in [6.45, 7) is 5.35. The van der Waals surface area contributed by atoms with Gasteiger partial charge in [-0.05, 0) is 67.3 Å². The number of carbonyl (C=O) groups is 2. The molecule has 2 aromatic carbocycles. The third-order valence-corrected chi connectivity index (χ3v) is 4.54. The van der Waals surface area contributed by atoms with E-state index in [0.717, 1.165) is 22.4 Å². The topological polar surface area (TPSA) is 70.4 Å². The summed E-state index contributed by atoms with van der Waals surface area (Å²) in [5.41, 5.74) is 5.02. The van der Waals surface area contributed by atoms with E-state index in [9.17, 15) is 14.9 Å². The van der Waals surface area contributed by atoms with Crippen molar-refractivity contribution in [2.75, 3.05) is 25.6 Å². The number of rotatable bonds is 6. The van der Waals surface area contributed by atoms with Gasteiger partial charge in [0.2, 0.25) is 5.78 Å². The van der Waals surface area contributed by atoms with Crippen LogP contribution in [-0.4, -0.2) is 32.5 Å². The van der Waals surface area contributed by atoms with Crippen molar-refractivity contribution in [3.63, 3.8) is 0 Å². The molecule has 0 amide bonds. The van der Waals surface area contributed by atoms with Crippen molar-refractivity contribution in [3.8, 4) is 6.07 Å². The zero-order valence-corrected chi connectivity index (χ0v) is 16.9. The molecule has 0 aliphatic heterocycles. The molecule has 0 aliphatic rings. The minimum atomic E-state index is -0.811. The van der Waals surface area contributed by atoms with Gasteiger partial charge in [-0.1, -0.05) is 18.2 Å². The van der Waals surface area contributed by atoms with Crippen LogP contribution in [0.4, 0.5) is 5.69 Å². The lowest BCUT2D eigenvalue weighted by atomic mass is 9.98. The molecule has 2 aromatic rings. The van der Waals surface area contributed by atoms with Crippen molar-refractivity contribution in [1.29, 1.82) is 5.26 Å². The monoisotopic (exact) mass is 376 g/mol. The number of benzene rings is 2. The number of hydrogen-bond acceptors (Lipinski definition) is 5. The van der Waals surface area contributed by atoms with Crippen LogP contribution in [0.1, 0.15) is 32.6 Å². The van der Waals surface area contributed by atoms with Gasteiger partial charge < -0.3 is 9.64 Å². The molecule has 0 atom stereocenters. The maximum Gasteiger partial charge on any atom is 0.349 e. The fourth-order valence-corrected chi connectivity index (χ4v) is 2.72. The summed E-state index contributed by atoms with van der Waals surface area (Å²) in [5.74, 6) is -1.10. The van der Waals surface area contributed by atoms with Crippen molar-refractivity contribution in [3.05, 3.63) is 69.8 Å². The maximum absolute atomic E-state index is 12.4. The van der Waals surface area contributed by atoms with Gasteiger partial charge in [0.1, 0.15) is 11.6 Å². The number of esters is 1. The minimum absolute atomic E-state index is 0.151. The quantitative estimate of drug-likeness (QED) is 0.330. The van der Waals surface area contributed by atoms with Crippen molar-refractivity contribution in [2.45, 2.75) is 20.8 Å². The number of aryl methyl sites for hydroxylation is 3. The van der Waals surface area contributed by atoms with Crippen LogP contribution in [0.5, 0.6) is 0 Å². The number of Topliss-reactive ketones (excluding diaryl/α,β-unsaturated/α-hetero) is 1. The van der Waals surface area contributed by atoms with Crippen LogP contribution in [0.3, 0.4) is 0 Å². The van der Waals surface area contributed by atoms with E-state index in [1.807, 2.05) is 76.2 Å². The minimum Gasteiger partial charge on any atom is -0.453 e. The van der Waals surface area contributed by atoms with E-state index in [1.54, 1.807) is 6.07 Å². The third-order valence-electron chi connectivity index (χ3n) is 4.54. The fourth-order valence-electron chi connectivity index (χ4n) is 2.72. The second-order valence-corrected chi connectivity index (χ2v) is 6.91. The largest absolute Gasteiger partial charge is 0.453 e. The molecule has 0 saturated heterocycles. The average molecular weight is 376 g/mol. The van der Waals surface area contributed by atoms with Gasteiger partial charge in [0.25, 0.3) is 0 Å². The first-order valence-corrected chi connectivity index (χ1v) is 8.90. The predicted octanol–water partition coefficient (Wildman–Crippen LogP) is 4.01. The molecule has 28 heavy (non-hydrogen) atoms. The molecular weight excluding hydrogens is 352 g/mol. The third kappa shape index (κ3) is 5.08. The van der Waals surface area contributed by atoms with Gasteiger partial charge in [0, 0.05) is 25.3 Å². The smallest absolute Gasteiger partial charge is 0.349 e. The van der Waals surface area contributed by atoms with Gasteiger partial charge >= 0.3 is 5.97 Å². The van der Waals surface area contributed by atoms with Crippen LogP contribution in [0.15, 0.2) is 42.0 Å². The van der Waals surface area contributed by atoms with Gasteiger partial charge in [-0.25, -0.2) is 4.79 Å². The Kier molecular flexibility index (Phi) is 6.73. The van der Waals surface area contributed by atoms with Crippen LogP contribution in [-0.2, 0) is 9.53 Å². The maximum atomic E-state index is 12.4. The van der Waals surface area contributed by atoms with Crippen molar-refractivity contribution in [2.24, 2.45) is 0 Å². The molecule has 0 bridgehead atoms. The molecule has 0 saturated carbocycles. The van der Waals surface area contributed by atoms with E-state index in [1.165, 1.54) is 6.08 Å². The molecule has 0 radical (unpaired) electrons. The van der Waals surface area contributed by atoms with E-state index in [0.29, 0.717) is 11.1 Å². The van der Waals surface area contributed by atoms with E-state index < -0.39 is 12.6 Å². The summed E-state index contributed by atoms with van der Waals surface area (Å²) < 4.78 is 5.08. The summed E-state index contributed by atoms with van der Waals surface area (Å²) in [7, 11) is 3.86. The van der Waals surface area contributed by atoms with E-state index in [2.05, 4.69) is 0 Å². The van der Waals surface area contributed by atoms with Gasteiger partial charge in [0.15, 0.2) is 6.61 Å². The van der Waals surface area contributed by atoms with Crippen molar-refractivity contribution < 1.29 is 14.3 Å². The summed E-state index contributed by atoms with van der Waals surface area (Å²) in [5, 5.41) is 9.28. The number of carbonyl (C=O) groups excluding carboxylic acids is 2. The molecule has 0 N–H and O–H groups in total. The van der Waals surface area contributed by atoms with Gasteiger partial charge in [0.05, 0.1) is 0 Å². The molecule has 0 unspecified atom stereocenters. The van der Waals surface area contributed by atoms with E-state index in [-0.39, 0.29) is 11.4 Å². The van der Waals surface area contributed by atoms with Crippen molar-refractivity contribution in [1.82, 2.24) is 0 Å². The van der Waals surface area contributed by atoms with Gasteiger partial charge in [-0.3, -0.25) is 4.79 Å². The molecule has 144 valence electrons. The first kappa shape index (κ1) is 20.9. The number of ketones is 1. The molecule has 2 rings (SSSR count). The van der Waals surface area contributed by atoms with Crippen LogP contribution in [0.2, 0.25) is 0 Å². The number of ether oxygens (including phenoxy) is 1. The predicted molar refractivity (Wildman–Crippen MR) is 110 cm³/mol.